The number of carbonyl (C=O) groups is 1. The summed E-state index contributed by atoms with van der Waals surface area (Å²) >= 11 is 0. The quantitative estimate of drug-likeness (QED) is 0.584. The van der Waals surface area contributed by atoms with Gasteiger partial charge in [-0.05, 0) is 31.8 Å². The number of hydrogen-bond donors (Lipinski definition) is 2. The van der Waals surface area contributed by atoms with E-state index in [4.69, 9.17) is 10.8 Å². The van der Waals surface area contributed by atoms with Crippen molar-refractivity contribution in [2.75, 3.05) is 26.2 Å². The van der Waals surface area contributed by atoms with Gasteiger partial charge in [0.15, 0.2) is 0 Å². The van der Waals surface area contributed by atoms with Gasteiger partial charge in [0.2, 0.25) is 5.91 Å². The summed E-state index contributed by atoms with van der Waals surface area (Å²) in [5.41, 5.74) is 5.06. The fourth-order valence-corrected chi connectivity index (χ4v) is 1.55. The van der Waals surface area contributed by atoms with E-state index in [1.807, 2.05) is 4.90 Å². The lowest BCUT2D eigenvalue weighted by atomic mass is 9.98. The largest absolute Gasteiger partial charge is 0.396 e. The highest BCUT2D eigenvalue weighted by molar-refractivity contribution is 5.75. The van der Waals surface area contributed by atoms with Gasteiger partial charge in [0.1, 0.15) is 0 Å². The summed E-state index contributed by atoms with van der Waals surface area (Å²) in [6.07, 6.45) is 1.95. The van der Waals surface area contributed by atoms with Crippen molar-refractivity contribution < 1.29 is 9.90 Å². The van der Waals surface area contributed by atoms with E-state index in [2.05, 4.69) is 0 Å². The van der Waals surface area contributed by atoms with Crippen LogP contribution in [0.5, 0.6) is 0 Å². The van der Waals surface area contributed by atoms with Crippen LogP contribution in [0.25, 0.3) is 0 Å². The van der Waals surface area contributed by atoms with Crippen LogP contribution in [0.15, 0.2) is 0 Å². The molecule has 12 heavy (non-hydrogen) atoms. The molecule has 1 fully saturated rings. The summed E-state index contributed by atoms with van der Waals surface area (Å²) < 4.78 is 0. The van der Waals surface area contributed by atoms with Gasteiger partial charge in [-0.25, -0.2) is 0 Å². The summed E-state index contributed by atoms with van der Waals surface area (Å²) in [4.78, 5) is 12.6. The van der Waals surface area contributed by atoms with Crippen LogP contribution < -0.4 is 5.73 Å². The van der Waals surface area contributed by atoms with Gasteiger partial charge >= 0.3 is 0 Å². The zero-order valence-corrected chi connectivity index (χ0v) is 7.20. The van der Waals surface area contributed by atoms with Crippen LogP contribution in [0.2, 0.25) is 0 Å². The second-order valence-corrected chi connectivity index (χ2v) is 3.37. The highest BCUT2D eigenvalue weighted by atomic mass is 16.3. The molecule has 4 nitrogen and oxygen atoms in total. The molecule has 3 N–H and O–H groups in total. The van der Waals surface area contributed by atoms with Crippen molar-refractivity contribution in [2.24, 2.45) is 11.7 Å². The first-order valence-corrected chi connectivity index (χ1v) is 4.34. The van der Waals surface area contributed by atoms with Gasteiger partial charge in [0.25, 0.3) is 0 Å². The zero-order valence-electron chi connectivity index (χ0n) is 7.20. The first-order chi connectivity index (χ1) is 5.72. The number of primary amides is 1. The zero-order chi connectivity index (χ0) is 8.97. The molecule has 70 valence electrons. The first-order valence-electron chi connectivity index (χ1n) is 4.34. The first kappa shape index (κ1) is 9.48. The van der Waals surface area contributed by atoms with Crippen LogP contribution in [0.4, 0.5) is 0 Å². The maximum absolute atomic E-state index is 10.5. The third-order valence-electron chi connectivity index (χ3n) is 2.34. The second-order valence-electron chi connectivity index (χ2n) is 3.37. The molecule has 0 radical (unpaired) electrons. The molecule has 0 bridgehead atoms. The van der Waals surface area contributed by atoms with Crippen LogP contribution in [0, 0.1) is 5.92 Å². The Morgan fingerprint density at radius 2 is 2.08 bits per heavy atom. The topological polar surface area (TPSA) is 66.6 Å². The maximum atomic E-state index is 10.5. The lowest BCUT2D eigenvalue weighted by molar-refractivity contribution is -0.119. The summed E-state index contributed by atoms with van der Waals surface area (Å²) in [7, 11) is 0. The Morgan fingerprint density at radius 1 is 1.50 bits per heavy atom. The number of aliphatic hydroxyl groups is 1. The maximum Gasteiger partial charge on any atom is 0.231 e. The average Bonchev–Trinajstić information content (AvgIpc) is 2.05. The molecule has 0 aromatic carbocycles. The van der Waals surface area contributed by atoms with Crippen molar-refractivity contribution in [3.8, 4) is 0 Å². The Morgan fingerprint density at radius 3 is 2.50 bits per heavy atom. The van der Waals surface area contributed by atoms with Gasteiger partial charge in [-0.2, -0.15) is 0 Å². The SMILES string of the molecule is NC(=O)CN1CCC(CO)CC1. The van der Waals surface area contributed by atoms with Gasteiger partial charge in [-0.3, -0.25) is 9.69 Å². The van der Waals surface area contributed by atoms with Crippen LogP contribution in [-0.2, 0) is 4.79 Å². The standard InChI is InChI=1S/C8H16N2O2/c9-8(12)5-10-3-1-7(6-11)2-4-10/h7,11H,1-6H2,(H2,9,12). The lowest BCUT2D eigenvalue weighted by Gasteiger charge is -2.29. The van der Waals surface area contributed by atoms with Gasteiger partial charge in [0.05, 0.1) is 6.54 Å². The third-order valence-corrected chi connectivity index (χ3v) is 2.34. The molecule has 1 heterocycles. The Labute approximate surface area is 72.3 Å². The molecular formula is C8H16N2O2. The molecule has 1 aliphatic rings. The van der Waals surface area contributed by atoms with Gasteiger partial charge in [-0.1, -0.05) is 0 Å². The van der Waals surface area contributed by atoms with Crippen molar-refractivity contribution in [3.05, 3.63) is 0 Å². The summed E-state index contributed by atoms with van der Waals surface area (Å²) in [5.74, 6) is 0.159. The van der Waals surface area contributed by atoms with Crippen LogP contribution in [0.1, 0.15) is 12.8 Å². The van der Waals surface area contributed by atoms with Crippen LogP contribution in [0.3, 0.4) is 0 Å². The van der Waals surface area contributed by atoms with E-state index in [9.17, 15) is 4.79 Å². The van der Waals surface area contributed by atoms with Crippen molar-refractivity contribution in [2.45, 2.75) is 12.8 Å². The van der Waals surface area contributed by atoms with Crippen molar-refractivity contribution in [1.82, 2.24) is 4.90 Å². The summed E-state index contributed by atoms with van der Waals surface area (Å²) in [6, 6.07) is 0. The average molecular weight is 172 g/mol. The highest BCUT2D eigenvalue weighted by Gasteiger charge is 2.18. The van der Waals surface area contributed by atoms with Crippen LogP contribution in [-0.4, -0.2) is 42.2 Å². The lowest BCUT2D eigenvalue weighted by Crippen LogP contribution is -2.40. The van der Waals surface area contributed by atoms with Crippen molar-refractivity contribution in [1.29, 1.82) is 0 Å². The van der Waals surface area contributed by atoms with Crippen LogP contribution >= 0.6 is 0 Å². The highest BCUT2D eigenvalue weighted by Crippen LogP contribution is 2.15. The van der Waals surface area contributed by atoms with Crippen molar-refractivity contribution in [3.63, 3.8) is 0 Å². The minimum atomic E-state index is -0.266. The van der Waals surface area contributed by atoms with E-state index >= 15 is 0 Å². The molecule has 0 atom stereocenters. The number of amides is 1. The van der Waals surface area contributed by atoms with E-state index in [0.29, 0.717) is 12.5 Å². The summed E-state index contributed by atoms with van der Waals surface area (Å²) in [5, 5.41) is 8.85. The monoisotopic (exact) mass is 172 g/mol. The normalized spacial score (nSPS) is 21.1. The molecule has 0 aliphatic carbocycles. The third kappa shape index (κ3) is 2.79. The van der Waals surface area contributed by atoms with E-state index in [1.54, 1.807) is 0 Å². The van der Waals surface area contributed by atoms with E-state index < -0.39 is 0 Å². The molecule has 0 saturated carbocycles. The minimum Gasteiger partial charge on any atom is -0.396 e. The predicted molar refractivity (Wildman–Crippen MR) is 45.4 cm³/mol. The summed E-state index contributed by atoms with van der Waals surface area (Å²) in [6.45, 7) is 2.39. The molecule has 0 unspecified atom stereocenters. The van der Waals surface area contributed by atoms with Crippen molar-refractivity contribution >= 4 is 5.91 Å². The number of carbonyl (C=O) groups excluding carboxylic acids is 1. The van der Waals surface area contributed by atoms with E-state index in [1.165, 1.54) is 0 Å². The Balaban J connectivity index is 2.21. The molecule has 4 heteroatoms. The second kappa shape index (κ2) is 4.42. The van der Waals surface area contributed by atoms with E-state index in [0.717, 1.165) is 25.9 Å². The fraction of sp³-hybridized carbons (Fsp3) is 0.875. The fourth-order valence-electron chi connectivity index (χ4n) is 1.55. The number of likely N-dealkylation sites (tertiary alicyclic amines) is 1. The molecular weight excluding hydrogens is 156 g/mol. The number of rotatable bonds is 3. The van der Waals surface area contributed by atoms with Gasteiger partial charge in [0, 0.05) is 6.61 Å². The molecule has 0 spiro atoms. The Hall–Kier alpha value is -0.610. The minimum absolute atomic E-state index is 0.266. The van der Waals surface area contributed by atoms with Gasteiger partial charge < -0.3 is 10.8 Å². The number of nitrogens with two attached hydrogens (primary N) is 1. The van der Waals surface area contributed by atoms with Gasteiger partial charge in [-0.15, -0.1) is 0 Å². The molecule has 1 rings (SSSR count). The molecule has 1 saturated heterocycles. The smallest absolute Gasteiger partial charge is 0.231 e. The number of hydrogen-bond acceptors (Lipinski definition) is 3. The number of nitrogens with zero attached hydrogens (tertiary/aromatic N) is 1. The van der Waals surface area contributed by atoms with E-state index in [-0.39, 0.29) is 12.5 Å². The molecule has 0 aromatic heterocycles. The molecule has 0 aromatic rings. The molecule has 1 amide bonds. The Kier molecular flexibility index (Phi) is 3.49. The number of aliphatic hydroxyl groups excluding tert-OH is 1. The predicted octanol–water partition coefficient (Wildman–Crippen LogP) is -0.824. The Bertz CT molecular complexity index is 153. The number of piperidine rings is 1. The molecule has 1 aliphatic heterocycles.